The predicted molar refractivity (Wildman–Crippen MR) is 71.6 cm³/mol. The molecule has 88 valence electrons. The monoisotopic (exact) mass is 282 g/mol. The van der Waals surface area contributed by atoms with Gasteiger partial charge >= 0.3 is 0 Å². The fourth-order valence-electron chi connectivity index (χ4n) is 2.40. The Labute approximate surface area is 106 Å². The number of rotatable bonds is 2. The Kier molecular flexibility index (Phi) is 4.22. The molecular weight excluding hydrogens is 264 g/mol. The van der Waals surface area contributed by atoms with E-state index in [-0.39, 0.29) is 0 Å². The first-order chi connectivity index (χ1) is 7.77. The Morgan fingerprint density at radius 1 is 1.31 bits per heavy atom. The molecule has 1 aromatic heterocycles. The number of hydrogen-bond acceptors (Lipinski definition) is 2. The number of anilines is 1. The second kappa shape index (κ2) is 5.67. The molecule has 2 rings (SSSR count). The lowest BCUT2D eigenvalue weighted by Crippen LogP contribution is -2.26. The Morgan fingerprint density at radius 3 is 2.94 bits per heavy atom. The first kappa shape index (κ1) is 11.9. The van der Waals surface area contributed by atoms with E-state index in [0.717, 1.165) is 10.4 Å². The summed E-state index contributed by atoms with van der Waals surface area (Å²) in [5.41, 5.74) is 1.17. The summed E-state index contributed by atoms with van der Waals surface area (Å²) in [4.78, 5) is 4.09. The van der Waals surface area contributed by atoms with Crippen molar-refractivity contribution in [3.63, 3.8) is 0 Å². The molecule has 1 aliphatic rings. The van der Waals surface area contributed by atoms with E-state index < -0.39 is 0 Å². The second-order valence-corrected chi connectivity index (χ2v) is 5.58. The number of pyridine rings is 1. The smallest absolute Gasteiger partial charge is 0.0590 e. The van der Waals surface area contributed by atoms with E-state index in [4.69, 9.17) is 0 Å². The zero-order valence-corrected chi connectivity index (χ0v) is 11.3. The summed E-state index contributed by atoms with van der Waals surface area (Å²) >= 11 is 3.54. The lowest BCUT2D eigenvalue weighted by Gasteiger charge is -2.24. The highest BCUT2D eigenvalue weighted by Crippen LogP contribution is 2.28. The Bertz CT molecular complexity index is 340. The molecule has 0 spiro atoms. The molecule has 0 saturated heterocycles. The van der Waals surface area contributed by atoms with Crippen molar-refractivity contribution in [2.75, 3.05) is 5.32 Å². The van der Waals surface area contributed by atoms with E-state index in [9.17, 15) is 0 Å². The van der Waals surface area contributed by atoms with Crippen LogP contribution in [0.15, 0.2) is 22.9 Å². The summed E-state index contributed by atoms with van der Waals surface area (Å²) in [6.07, 6.45) is 10.5. The van der Waals surface area contributed by atoms with E-state index in [1.54, 1.807) is 0 Å². The SMILES string of the molecule is CC1CCCCCC1Nc1ccncc1Br. The van der Waals surface area contributed by atoms with Crippen molar-refractivity contribution >= 4 is 21.6 Å². The van der Waals surface area contributed by atoms with Gasteiger partial charge in [-0.2, -0.15) is 0 Å². The minimum atomic E-state index is 0.612. The van der Waals surface area contributed by atoms with Crippen LogP contribution in [0.5, 0.6) is 0 Å². The van der Waals surface area contributed by atoms with Crippen molar-refractivity contribution in [3.05, 3.63) is 22.9 Å². The number of aromatic nitrogens is 1. The topological polar surface area (TPSA) is 24.9 Å². The van der Waals surface area contributed by atoms with Gasteiger partial charge in [0.2, 0.25) is 0 Å². The minimum Gasteiger partial charge on any atom is -0.381 e. The maximum absolute atomic E-state index is 4.09. The van der Waals surface area contributed by atoms with Gasteiger partial charge in [-0.15, -0.1) is 0 Å². The molecule has 3 heteroatoms. The third-order valence-electron chi connectivity index (χ3n) is 3.47. The third-order valence-corrected chi connectivity index (χ3v) is 4.11. The molecule has 1 fully saturated rings. The molecule has 1 aromatic rings. The van der Waals surface area contributed by atoms with Crippen molar-refractivity contribution in [2.45, 2.75) is 45.1 Å². The van der Waals surface area contributed by atoms with Crippen LogP contribution in [0.3, 0.4) is 0 Å². The van der Waals surface area contributed by atoms with Gasteiger partial charge in [0.1, 0.15) is 0 Å². The normalized spacial score (nSPS) is 26.1. The number of nitrogens with one attached hydrogen (secondary N) is 1. The summed E-state index contributed by atoms with van der Waals surface area (Å²) < 4.78 is 1.06. The molecule has 0 aliphatic heterocycles. The van der Waals surface area contributed by atoms with Crippen molar-refractivity contribution in [1.82, 2.24) is 4.98 Å². The van der Waals surface area contributed by atoms with Crippen LogP contribution in [-0.4, -0.2) is 11.0 Å². The molecule has 1 aliphatic carbocycles. The van der Waals surface area contributed by atoms with Gasteiger partial charge in [0, 0.05) is 18.4 Å². The van der Waals surface area contributed by atoms with Crippen LogP contribution in [0.25, 0.3) is 0 Å². The fourth-order valence-corrected chi connectivity index (χ4v) is 2.76. The van der Waals surface area contributed by atoms with Crippen LogP contribution < -0.4 is 5.32 Å². The van der Waals surface area contributed by atoms with Crippen LogP contribution >= 0.6 is 15.9 Å². The van der Waals surface area contributed by atoms with E-state index >= 15 is 0 Å². The first-order valence-corrected chi connectivity index (χ1v) is 6.92. The van der Waals surface area contributed by atoms with Gasteiger partial charge in [-0.1, -0.05) is 26.2 Å². The molecule has 0 amide bonds. The molecule has 0 bridgehead atoms. The molecule has 1 heterocycles. The van der Waals surface area contributed by atoms with E-state index in [2.05, 4.69) is 33.2 Å². The molecule has 2 atom stereocenters. The number of halogens is 1. The van der Waals surface area contributed by atoms with Crippen molar-refractivity contribution in [3.8, 4) is 0 Å². The van der Waals surface area contributed by atoms with E-state index in [1.165, 1.54) is 37.8 Å². The van der Waals surface area contributed by atoms with Crippen LogP contribution in [0.1, 0.15) is 39.0 Å². The van der Waals surface area contributed by atoms with Gasteiger partial charge in [-0.05, 0) is 40.8 Å². The van der Waals surface area contributed by atoms with Crippen molar-refractivity contribution < 1.29 is 0 Å². The molecule has 16 heavy (non-hydrogen) atoms. The van der Waals surface area contributed by atoms with Crippen LogP contribution in [-0.2, 0) is 0 Å². The van der Waals surface area contributed by atoms with Gasteiger partial charge in [0.25, 0.3) is 0 Å². The van der Waals surface area contributed by atoms with Crippen molar-refractivity contribution in [2.24, 2.45) is 5.92 Å². The molecule has 2 nitrogen and oxygen atoms in total. The van der Waals surface area contributed by atoms with Gasteiger partial charge in [-0.3, -0.25) is 4.98 Å². The van der Waals surface area contributed by atoms with Gasteiger partial charge in [-0.25, -0.2) is 0 Å². The quantitative estimate of drug-likeness (QED) is 0.822. The Morgan fingerprint density at radius 2 is 2.12 bits per heavy atom. The highest BCUT2D eigenvalue weighted by Gasteiger charge is 2.20. The average Bonchev–Trinajstić information content (AvgIpc) is 2.48. The molecule has 1 N–H and O–H groups in total. The summed E-state index contributed by atoms with van der Waals surface area (Å²) in [6, 6.07) is 2.66. The number of nitrogens with zero attached hydrogens (tertiary/aromatic N) is 1. The summed E-state index contributed by atoms with van der Waals surface area (Å²) in [6.45, 7) is 2.36. The molecule has 2 unspecified atom stereocenters. The molecule has 0 radical (unpaired) electrons. The van der Waals surface area contributed by atoms with Crippen molar-refractivity contribution in [1.29, 1.82) is 0 Å². The second-order valence-electron chi connectivity index (χ2n) is 4.72. The lowest BCUT2D eigenvalue weighted by atomic mass is 9.97. The standard InChI is InChI=1S/C13H19BrN2/c1-10-5-3-2-4-6-12(10)16-13-7-8-15-9-11(13)14/h7-10,12H,2-6H2,1H3,(H,15,16). The highest BCUT2D eigenvalue weighted by atomic mass is 79.9. The summed E-state index contributed by atoms with van der Waals surface area (Å²) in [7, 11) is 0. The fraction of sp³-hybridized carbons (Fsp3) is 0.615. The summed E-state index contributed by atoms with van der Waals surface area (Å²) in [5.74, 6) is 0.766. The maximum atomic E-state index is 4.09. The largest absolute Gasteiger partial charge is 0.381 e. The zero-order chi connectivity index (χ0) is 11.4. The van der Waals surface area contributed by atoms with Crippen LogP contribution in [0, 0.1) is 5.92 Å². The van der Waals surface area contributed by atoms with E-state index in [1.807, 2.05) is 18.5 Å². The molecular formula is C13H19BrN2. The van der Waals surface area contributed by atoms with E-state index in [0.29, 0.717) is 6.04 Å². The van der Waals surface area contributed by atoms with Crippen LogP contribution in [0.2, 0.25) is 0 Å². The average molecular weight is 283 g/mol. The van der Waals surface area contributed by atoms with Gasteiger partial charge in [0.15, 0.2) is 0 Å². The van der Waals surface area contributed by atoms with Crippen LogP contribution in [0.4, 0.5) is 5.69 Å². The van der Waals surface area contributed by atoms with Gasteiger partial charge in [0.05, 0.1) is 10.2 Å². The highest BCUT2D eigenvalue weighted by molar-refractivity contribution is 9.10. The van der Waals surface area contributed by atoms with Gasteiger partial charge < -0.3 is 5.32 Å². The Hall–Kier alpha value is -0.570. The molecule has 1 saturated carbocycles. The zero-order valence-electron chi connectivity index (χ0n) is 9.75. The predicted octanol–water partition coefficient (Wildman–Crippen LogP) is 4.22. The third kappa shape index (κ3) is 2.97. The minimum absolute atomic E-state index is 0.612. The maximum Gasteiger partial charge on any atom is 0.0590 e. The Balaban J connectivity index is 2.05. The first-order valence-electron chi connectivity index (χ1n) is 6.13. The summed E-state index contributed by atoms with van der Waals surface area (Å²) in [5, 5.41) is 3.65. The molecule has 0 aromatic carbocycles. The number of hydrogen-bond donors (Lipinski definition) is 1. The lowest BCUT2D eigenvalue weighted by molar-refractivity contribution is 0.456.